The first kappa shape index (κ1) is 21.1. The Morgan fingerprint density at radius 2 is 1.79 bits per heavy atom. The van der Waals surface area contributed by atoms with Crippen molar-refractivity contribution in [3.63, 3.8) is 0 Å². The largest absolute Gasteiger partial charge is 0.498 e. The number of rotatable bonds is 8. The maximum atomic E-state index is 14.3. The average molecular weight is 393 g/mol. The van der Waals surface area contributed by atoms with Gasteiger partial charge in [-0.1, -0.05) is 32.3 Å². The lowest BCUT2D eigenvalue weighted by Gasteiger charge is -2.35. The van der Waals surface area contributed by atoms with E-state index in [1.807, 2.05) is 6.26 Å². The lowest BCUT2D eigenvalue weighted by atomic mass is 9.76. The zero-order chi connectivity index (χ0) is 19.9. The summed E-state index contributed by atoms with van der Waals surface area (Å²) in [5.74, 6) is -0.346. The fourth-order valence-electron chi connectivity index (χ4n) is 4.73. The summed E-state index contributed by atoms with van der Waals surface area (Å²) in [6, 6.07) is 3.22. The van der Waals surface area contributed by atoms with Gasteiger partial charge in [-0.2, -0.15) is 4.39 Å². The summed E-state index contributed by atoms with van der Waals surface area (Å²) in [6.07, 6.45) is 13.3. The third-order valence-electron chi connectivity index (χ3n) is 6.40. The monoisotopic (exact) mass is 392 g/mol. The van der Waals surface area contributed by atoms with Crippen LogP contribution in [0.2, 0.25) is 0 Å². The van der Waals surface area contributed by atoms with Crippen molar-refractivity contribution in [1.29, 1.82) is 0 Å². The minimum Gasteiger partial charge on any atom is -0.498 e. The first-order chi connectivity index (χ1) is 13.6. The van der Waals surface area contributed by atoms with E-state index in [-0.39, 0.29) is 5.75 Å². The Hall–Kier alpha value is -1.58. The lowest BCUT2D eigenvalue weighted by Crippen LogP contribution is -2.29. The number of hydrogen-bond acceptors (Lipinski definition) is 2. The second kappa shape index (κ2) is 10.3. The van der Waals surface area contributed by atoms with Crippen molar-refractivity contribution < 1.29 is 18.3 Å². The van der Waals surface area contributed by atoms with Crippen LogP contribution in [0.25, 0.3) is 0 Å². The van der Waals surface area contributed by atoms with Crippen LogP contribution in [0.3, 0.4) is 0 Å². The lowest BCUT2D eigenvalue weighted by molar-refractivity contribution is 0.0389. The van der Waals surface area contributed by atoms with Crippen LogP contribution in [0.15, 0.2) is 24.0 Å². The van der Waals surface area contributed by atoms with Gasteiger partial charge in [-0.05, 0) is 80.9 Å². The van der Waals surface area contributed by atoms with E-state index in [0.717, 1.165) is 32.1 Å². The van der Waals surface area contributed by atoms with E-state index in [4.69, 9.17) is 9.47 Å². The van der Waals surface area contributed by atoms with E-state index in [2.05, 4.69) is 6.92 Å². The Kier molecular flexibility index (Phi) is 7.75. The zero-order valence-corrected chi connectivity index (χ0v) is 17.3. The molecule has 1 fully saturated rings. The van der Waals surface area contributed by atoms with Crippen molar-refractivity contribution in [3.8, 4) is 5.75 Å². The molecule has 1 unspecified atom stereocenters. The Labute approximate surface area is 168 Å². The van der Waals surface area contributed by atoms with Gasteiger partial charge in [-0.15, -0.1) is 0 Å². The molecule has 2 aliphatic rings. The summed E-state index contributed by atoms with van der Waals surface area (Å²) in [5.41, 5.74) is 1.92. The number of aryl methyl sites for hydroxylation is 1. The number of allylic oxidation sites excluding steroid dienone is 1. The molecule has 28 heavy (non-hydrogen) atoms. The van der Waals surface area contributed by atoms with Crippen molar-refractivity contribution in [2.24, 2.45) is 11.8 Å². The van der Waals surface area contributed by atoms with Crippen LogP contribution in [-0.2, 0) is 11.2 Å². The topological polar surface area (TPSA) is 18.5 Å². The fourth-order valence-corrected chi connectivity index (χ4v) is 4.73. The van der Waals surface area contributed by atoms with Gasteiger partial charge in [0.05, 0.1) is 12.9 Å². The van der Waals surface area contributed by atoms with Gasteiger partial charge in [0.2, 0.25) is 5.82 Å². The van der Waals surface area contributed by atoms with E-state index in [1.54, 1.807) is 19.1 Å². The van der Waals surface area contributed by atoms with Gasteiger partial charge < -0.3 is 9.47 Å². The number of benzene rings is 1. The third-order valence-corrected chi connectivity index (χ3v) is 6.40. The molecule has 0 saturated heterocycles. The molecule has 1 aromatic carbocycles. The second-order valence-corrected chi connectivity index (χ2v) is 8.34. The van der Waals surface area contributed by atoms with E-state index in [9.17, 15) is 8.78 Å². The summed E-state index contributed by atoms with van der Waals surface area (Å²) in [7, 11) is 0. The zero-order valence-electron chi connectivity index (χ0n) is 17.3. The van der Waals surface area contributed by atoms with Crippen LogP contribution in [0.5, 0.6) is 5.75 Å². The van der Waals surface area contributed by atoms with E-state index in [1.165, 1.54) is 31.3 Å². The maximum absolute atomic E-state index is 14.3. The molecule has 0 bridgehead atoms. The standard InChI is InChI=1S/C24H34F2O2/c1-3-5-18-9-14-21(28-16-18)19-10-6-17(7-11-19)8-12-20-13-15-22(27-4-2)24(26)23(20)25/h13,15-17,19,21H,3-12,14H2,1-2H3. The van der Waals surface area contributed by atoms with Crippen molar-refractivity contribution in [2.45, 2.75) is 84.2 Å². The molecule has 0 spiro atoms. The van der Waals surface area contributed by atoms with Crippen molar-refractivity contribution in [2.75, 3.05) is 6.61 Å². The van der Waals surface area contributed by atoms with Gasteiger partial charge in [0, 0.05) is 0 Å². The molecular weight excluding hydrogens is 358 g/mol. The minimum atomic E-state index is -0.854. The summed E-state index contributed by atoms with van der Waals surface area (Å²) >= 11 is 0. The molecule has 1 aliphatic carbocycles. The number of halogens is 2. The Balaban J connectivity index is 1.45. The van der Waals surface area contributed by atoms with Crippen LogP contribution < -0.4 is 4.74 Å². The highest BCUT2D eigenvalue weighted by molar-refractivity contribution is 5.31. The Morgan fingerprint density at radius 3 is 2.43 bits per heavy atom. The quantitative estimate of drug-likeness (QED) is 0.476. The normalized spacial score (nSPS) is 25.1. The number of ether oxygens (including phenoxy) is 2. The van der Waals surface area contributed by atoms with Crippen molar-refractivity contribution in [1.82, 2.24) is 0 Å². The molecule has 0 N–H and O–H groups in total. The molecule has 4 heteroatoms. The van der Waals surface area contributed by atoms with E-state index in [0.29, 0.717) is 36.5 Å². The molecular formula is C24H34F2O2. The van der Waals surface area contributed by atoms with Crippen molar-refractivity contribution in [3.05, 3.63) is 41.2 Å². The highest BCUT2D eigenvalue weighted by Gasteiger charge is 2.30. The number of hydrogen-bond donors (Lipinski definition) is 0. The molecule has 1 aromatic rings. The molecule has 1 aliphatic heterocycles. The van der Waals surface area contributed by atoms with Crippen LogP contribution in [0, 0.1) is 23.5 Å². The molecule has 3 rings (SSSR count). The van der Waals surface area contributed by atoms with Gasteiger partial charge in [0.15, 0.2) is 11.6 Å². The Morgan fingerprint density at radius 1 is 1.00 bits per heavy atom. The predicted octanol–water partition coefficient (Wildman–Crippen LogP) is 6.97. The molecule has 2 nitrogen and oxygen atoms in total. The minimum absolute atomic E-state index is 0.00730. The first-order valence-electron chi connectivity index (χ1n) is 11.0. The average Bonchev–Trinajstić information content (AvgIpc) is 2.72. The van der Waals surface area contributed by atoms with E-state index >= 15 is 0 Å². The molecule has 1 saturated carbocycles. The van der Waals surface area contributed by atoms with Gasteiger partial charge in [-0.25, -0.2) is 4.39 Å². The van der Waals surface area contributed by atoms with Crippen LogP contribution in [0.1, 0.15) is 77.2 Å². The summed E-state index contributed by atoms with van der Waals surface area (Å²) in [4.78, 5) is 0. The smallest absolute Gasteiger partial charge is 0.200 e. The van der Waals surface area contributed by atoms with Crippen LogP contribution >= 0.6 is 0 Å². The van der Waals surface area contributed by atoms with Crippen molar-refractivity contribution >= 4 is 0 Å². The molecule has 1 heterocycles. The molecule has 0 radical (unpaired) electrons. The van der Waals surface area contributed by atoms with Gasteiger partial charge in [0.1, 0.15) is 6.10 Å². The van der Waals surface area contributed by atoms with Gasteiger partial charge in [-0.3, -0.25) is 0 Å². The molecule has 0 amide bonds. The maximum Gasteiger partial charge on any atom is 0.200 e. The molecule has 0 aromatic heterocycles. The van der Waals surface area contributed by atoms with Crippen LogP contribution in [0.4, 0.5) is 8.78 Å². The summed E-state index contributed by atoms with van der Waals surface area (Å²) in [6.45, 7) is 4.31. The second-order valence-electron chi connectivity index (χ2n) is 8.34. The molecule has 156 valence electrons. The highest BCUT2D eigenvalue weighted by Crippen LogP contribution is 2.38. The summed E-state index contributed by atoms with van der Waals surface area (Å²) < 4.78 is 39.5. The van der Waals surface area contributed by atoms with Crippen LogP contribution in [-0.4, -0.2) is 12.7 Å². The first-order valence-corrected chi connectivity index (χ1v) is 11.0. The van der Waals surface area contributed by atoms with Gasteiger partial charge >= 0.3 is 0 Å². The SMILES string of the molecule is CCCC1=COC(C2CCC(CCc3ccc(OCC)c(F)c3F)CC2)CC1. The van der Waals surface area contributed by atoms with E-state index < -0.39 is 11.6 Å². The summed E-state index contributed by atoms with van der Waals surface area (Å²) in [5, 5.41) is 0. The third kappa shape index (κ3) is 5.27. The predicted molar refractivity (Wildman–Crippen MR) is 108 cm³/mol. The fraction of sp³-hybridized carbons (Fsp3) is 0.667. The highest BCUT2D eigenvalue weighted by atomic mass is 19.2. The Bertz CT molecular complexity index is 663. The van der Waals surface area contributed by atoms with Gasteiger partial charge in [0.25, 0.3) is 0 Å². The molecule has 1 atom stereocenters.